The highest BCUT2D eigenvalue weighted by atomic mass is 31.2. The molecule has 0 aliphatic carbocycles. The van der Waals surface area contributed by atoms with Crippen LogP contribution in [0.5, 0.6) is 0 Å². The van der Waals surface area contributed by atoms with Crippen molar-refractivity contribution in [3.63, 3.8) is 0 Å². The molecule has 0 aromatic heterocycles. The van der Waals surface area contributed by atoms with Crippen LogP contribution in [0.4, 0.5) is 0 Å². The summed E-state index contributed by atoms with van der Waals surface area (Å²) in [6, 6.07) is 0. The van der Waals surface area contributed by atoms with Crippen LogP contribution in [0, 0.1) is 5.92 Å². The molecule has 0 rings (SSSR count). The topological polar surface area (TPSA) is 140 Å². The monoisotopic (exact) mass is 712 g/mol. The molecule has 1 atom stereocenters. The Morgan fingerprint density at radius 2 is 1.06 bits per heavy atom. The largest absolute Gasteiger partial charge is 0.469 e. The molecule has 0 fully saturated rings. The Kier molecular flexibility index (Phi) is 33.0. The average Bonchev–Trinajstić information content (AvgIpc) is 3.05. The fourth-order valence-electron chi connectivity index (χ4n) is 5.00. The summed E-state index contributed by atoms with van der Waals surface area (Å²) in [7, 11) is -4.77. The average molecular weight is 713 g/mol. The molecule has 49 heavy (non-hydrogen) atoms. The number of carbonyl (C=O) groups is 2. The SMILES string of the molecule is CC(C)CCCCCCCCCCCCC(=O)O[C@H](COC(=O)CCC/C=C\C/C=C\C/C=C\C/C=C\CCCCCO)COP(=O)(O)O. The summed E-state index contributed by atoms with van der Waals surface area (Å²) >= 11 is 0. The van der Waals surface area contributed by atoms with Gasteiger partial charge in [0.1, 0.15) is 6.61 Å². The molecule has 0 aromatic carbocycles. The number of ether oxygens (including phenoxy) is 2. The zero-order valence-electron chi connectivity index (χ0n) is 30.7. The van der Waals surface area contributed by atoms with Gasteiger partial charge in [0.2, 0.25) is 0 Å². The Morgan fingerprint density at radius 3 is 1.59 bits per heavy atom. The third kappa shape index (κ3) is 38.6. The van der Waals surface area contributed by atoms with E-state index in [9.17, 15) is 14.2 Å². The molecule has 10 heteroatoms. The van der Waals surface area contributed by atoms with Gasteiger partial charge in [0, 0.05) is 19.4 Å². The van der Waals surface area contributed by atoms with Gasteiger partial charge in [-0.2, -0.15) is 0 Å². The van der Waals surface area contributed by atoms with Crippen molar-refractivity contribution in [1.82, 2.24) is 0 Å². The minimum atomic E-state index is -4.77. The number of rotatable bonds is 34. The minimum Gasteiger partial charge on any atom is -0.462 e. The molecule has 0 spiro atoms. The first-order valence-electron chi connectivity index (χ1n) is 18.9. The fourth-order valence-corrected chi connectivity index (χ4v) is 5.36. The van der Waals surface area contributed by atoms with Gasteiger partial charge >= 0.3 is 19.8 Å². The molecule has 0 saturated carbocycles. The van der Waals surface area contributed by atoms with Gasteiger partial charge in [-0.05, 0) is 63.7 Å². The van der Waals surface area contributed by atoms with E-state index in [0.29, 0.717) is 19.3 Å². The zero-order valence-corrected chi connectivity index (χ0v) is 31.6. The molecule has 0 aliphatic heterocycles. The molecule has 0 heterocycles. The van der Waals surface area contributed by atoms with Crippen molar-refractivity contribution in [3.05, 3.63) is 48.6 Å². The van der Waals surface area contributed by atoms with Crippen molar-refractivity contribution in [3.8, 4) is 0 Å². The molecular formula is C39H69O9P. The molecule has 0 bridgehead atoms. The molecule has 3 N–H and O–H groups in total. The van der Waals surface area contributed by atoms with Crippen molar-refractivity contribution in [2.75, 3.05) is 19.8 Å². The van der Waals surface area contributed by atoms with Gasteiger partial charge < -0.3 is 24.4 Å². The minimum absolute atomic E-state index is 0.181. The predicted octanol–water partition coefficient (Wildman–Crippen LogP) is 10.0. The molecule has 284 valence electrons. The maximum absolute atomic E-state index is 12.3. The number of phosphoric ester groups is 1. The van der Waals surface area contributed by atoms with Crippen LogP contribution >= 0.6 is 7.82 Å². The summed E-state index contributed by atoms with van der Waals surface area (Å²) in [6.45, 7) is 3.94. The first-order valence-corrected chi connectivity index (χ1v) is 20.4. The number of aliphatic hydroxyl groups excluding tert-OH is 1. The lowest BCUT2D eigenvalue weighted by atomic mass is 10.0. The Bertz CT molecular complexity index is 952. The van der Waals surface area contributed by atoms with Crippen molar-refractivity contribution in [1.29, 1.82) is 0 Å². The number of unbranched alkanes of at least 4 members (excludes halogenated alkanes) is 13. The van der Waals surface area contributed by atoms with Crippen LogP contribution in [0.15, 0.2) is 48.6 Å². The van der Waals surface area contributed by atoms with Gasteiger partial charge in [0.05, 0.1) is 6.61 Å². The van der Waals surface area contributed by atoms with Crippen molar-refractivity contribution in [2.45, 2.75) is 161 Å². The van der Waals surface area contributed by atoms with E-state index in [0.717, 1.165) is 70.1 Å². The number of allylic oxidation sites excluding steroid dienone is 8. The summed E-state index contributed by atoms with van der Waals surface area (Å²) < 4.78 is 26.2. The highest BCUT2D eigenvalue weighted by Gasteiger charge is 2.22. The lowest BCUT2D eigenvalue weighted by Gasteiger charge is -2.18. The van der Waals surface area contributed by atoms with Crippen molar-refractivity contribution in [2.24, 2.45) is 5.92 Å². The van der Waals surface area contributed by atoms with E-state index < -0.39 is 32.5 Å². The van der Waals surface area contributed by atoms with Gasteiger partial charge in [0.25, 0.3) is 0 Å². The molecule has 0 aromatic rings. The summed E-state index contributed by atoms with van der Waals surface area (Å²) in [5, 5.41) is 8.76. The maximum Gasteiger partial charge on any atom is 0.469 e. The molecule has 0 amide bonds. The highest BCUT2D eigenvalue weighted by Crippen LogP contribution is 2.36. The molecule has 9 nitrogen and oxygen atoms in total. The van der Waals surface area contributed by atoms with Crippen LogP contribution in [-0.2, 0) is 28.2 Å². The van der Waals surface area contributed by atoms with Crippen LogP contribution in [-0.4, -0.2) is 52.8 Å². The fraction of sp³-hybridized carbons (Fsp3) is 0.744. The van der Waals surface area contributed by atoms with Gasteiger partial charge in [-0.25, -0.2) is 4.57 Å². The maximum atomic E-state index is 12.3. The standard InChI is InChI=1S/C39H69O9P/c1-36(2)30-26-22-18-14-11-12-16-20-24-28-32-39(42)48-37(35-47-49(43,44)45)34-46-38(41)31-27-23-19-15-10-8-6-4-3-5-7-9-13-17-21-25-29-33-40/h3,5-6,8-9,13,15,19,36-37,40H,4,7,10-12,14,16-18,20-35H2,1-2H3,(H2,43,44,45)/b5-3-,8-6-,13-9-,19-15-/t37-/m1/s1. The second-order valence-corrected chi connectivity index (χ2v) is 14.3. The van der Waals surface area contributed by atoms with Crippen molar-refractivity contribution < 1.29 is 43.0 Å². The third-order valence-electron chi connectivity index (χ3n) is 7.83. The van der Waals surface area contributed by atoms with Crippen molar-refractivity contribution >= 4 is 19.8 Å². The second-order valence-electron chi connectivity index (χ2n) is 13.1. The van der Waals surface area contributed by atoms with E-state index in [4.69, 9.17) is 24.4 Å². The summed E-state index contributed by atoms with van der Waals surface area (Å²) in [6.07, 6.45) is 37.2. The van der Waals surface area contributed by atoms with Gasteiger partial charge in [-0.15, -0.1) is 0 Å². The molecular weight excluding hydrogens is 643 g/mol. The van der Waals surface area contributed by atoms with Crippen LogP contribution in [0.3, 0.4) is 0 Å². The molecule has 0 aliphatic rings. The number of hydrogen-bond donors (Lipinski definition) is 3. The third-order valence-corrected chi connectivity index (χ3v) is 8.32. The van der Waals surface area contributed by atoms with E-state index in [1.165, 1.54) is 44.9 Å². The summed E-state index contributed by atoms with van der Waals surface area (Å²) in [4.78, 5) is 42.7. The summed E-state index contributed by atoms with van der Waals surface area (Å²) in [5.74, 6) is -0.177. The lowest BCUT2D eigenvalue weighted by Crippen LogP contribution is -2.29. The predicted molar refractivity (Wildman–Crippen MR) is 199 cm³/mol. The number of hydrogen-bond acceptors (Lipinski definition) is 7. The number of esters is 2. The number of carbonyl (C=O) groups excluding carboxylic acids is 2. The first kappa shape index (κ1) is 47.0. The smallest absolute Gasteiger partial charge is 0.462 e. The highest BCUT2D eigenvalue weighted by molar-refractivity contribution is 7.46. The van der Waals surface area contributed by atoms with E-state index in [1.807, 2.05) is 6.08 Å². The zero-order chi connectivity index (χ0) is 36.3. The Hall–Kier alpha value is -2.03. The first-order chi connectivity index (χ1) is 23.6. The van der Waals surface area contributed by atoms with E-state index in [1.54, 1.807) is 0 Å². The Labute approximate surface area is 297 Å². The number of aliphatic hydroxyl groups is 1. The molecule has 0 radical (unpaired) electrons. The van der Waals surface area contributed by atoms with Gasteiger partial charge in [0.15, 0.2) is 6.10 Å². The molecule has 0 saturated heterocycles. The quantitative estimate of drug-likeness (QED) is 0.0257. The van der Waals surface area contributed by atoms with E-state index in [-0.39, 0.29) is 26.1 Å². The summed E-state index contributed by atoms with van der Waals surface area (Å²) in [5.41, 5.74) is 0. The van der Waals surface area contributed by atoms with E-state index in [2.05, 4.69) is 60.9 Å². The van der Waals surface area contributed by atoms with Gasteiger partial charge in [-0.3, -0.25) is 14.1 Å². The second kappa shape index (κ2) is 34.4. The normalized spacial score (nSPS) is 13.1. The Balaban J connectivity index is 4.06. The number of phosphoric acid groups is 1. The van der Waals surface area contributed by atoms with Crippen LogP contribution in [0.25, 0.3) is 0 Å². The van der Waals surface area contributed by atoms with Gasteiger partial charge in [-0.1, -0.05) is 133 Å². The van der Waals surface area contributed by atoms with Crippen LogP contribution in [0.2, 0.25) is 0 Å². The van der Waals surface area contributed by atoms with Crippen LogP contribution in [0.1, 0.15) is 155 Å². The molecule has 0 unspecified atom stereocenters. The van der Waals surface area contributed by atoms with Crippen LogP contribution < -0.4 is 0 Å². The lowest BCUT2D eigenvalue weighted by molar-refractivity contribution is -0.161. The van der Waals surface area contributed by atoms with E-state index >= 15 is 0 Å². The Morgan fingerprint density at radius 1 is 0.592 bits per heavy atom.